The van der Waals surface area contributed by atoms with Gasteiger partial charge in [-0.2, -0.15) is 0 Å². The molecule has 1 amide bonds. The molecule has 4 aromatic rings. The average Bonchev–Trinajstić information content (AvgIpc) is 3.20. The molecule has 1 N–H and O–H groups in total. The van der Waals surface area contributed by atoms with Crippen molar-refractivity contribution in [2.24, 2.45) is 0 Å². The fourth-order valence-electron chi connectivity index (χ4n) is 3.94. The van der Waals surface area contributed by atoms with Crippen LogP contribution in [0.2, 0.25) is 0 Å². The summed E-state index contributed by atoms with van der Waals surface area (Å²) < 4.78 is 7.48. The minimum Gasteiger partial charge on any atom is -0.497 e. The number of hydrogen-bond donors (Lipinski definition) is 1. The lowest BCUT2D eigenvalue weighted by molar-refractivity contribution is 0.0953. The van der Waals surface area contributed by atoms with Crippen LogP contribution in [0.4, 0.5) is 0 Å². The van der Waals surface area contributed by atoms with Gasteiger partial charge < -0.3 is 14.6 Å². The number of nitrogens with zero attached hydrogens (tertiary/aromatic N) is 2. The predicted octanol–water partition coefficient (Wildman–Crippen LogP) is 5.04. The van der Waals surface area contributed by atoms with Crippen LogP contribution in [0.5, 0.6) is 5.75 Å². The van der Waals surface area contributed by atoms with Crippen molar-refractivity contribution in [3.05, 3.63) is 95.8 Å². The second-order valence-electron chi connectivity index (χ2n) is 7.85. The zero-order valence-corrected chi connectivity index (χ0v) is 18.5. The maximum atomic E-state index is 12.4. The average molecular weight is 428 g/mol. The number of imidazole rings is 1. The molecule has 0 aliphatic heterocycles. The number of amides is 1. The standard InChI is InChI=1S/C27H29N3O2/c1-32-23-17-15-22(16-18-23)27(31)28-19-7-14-26-29-24-12-5-6-13-25(24)30(26)20-8-11-21-9-3-2-4-10-21/h2-6,9-10,12-13,15-18H,7-8,11,14,19-20H2,1H3,(H,28,31). The zero-order valence-electron chi connectivity index (χ0n) is 18.5. The number of rotatable bonds is 10. The third-order valence-electron chi connectivity index (χ3n) is 5.64. The largest absolute Gasteiger partial charge is 0.497 e. The number of methoxy groups -OCH3 is 1. The van der Waals surface area contributed by atoms with Gasteiger partial charge in [-0.3, -0.25) is 4.79 Å². The third-order valence-corrected chi connectivity index (χ3v) is 5.64. The number of carbonyl (C=O) groups excluding carboxylic acids is 1. The number of para-hydroxylation sites is 2. The molecule has 0 aliphatic carbocycles. The van der Waals surface area contributed by atoms with E-state index in [0.29, 0.717) is 12.1 Å². The Hall–Kier alpha value is -3.60. The lowest BCUT2D eigenvalue weighted by Gasteiger charge is -2.10. The summed E-state index contributed by atoms with van der Waals surface area (Å²) in [5.41, 5.74) is 4.21. The third kappa shape index (κ3) is 5.35. The topological polar surface area (TPSA) is 56.1 Å². The molecule has 0 saturated heterocycles. The molecule has 4 rings (SSSR count). The summed E-state index contributed by atoms with van der Waals surface area (Å²) in [6.45, 7) is 1.54. The van der Waals surface area contributed by atoms with Gasteiger partial charge in [-0.25, -0.2) is 4.98 Å². The Morgan fingerprint density at radius 2 is 1.66 bits per heavy atom. The number of hydrogen-bond acceptors (Lipinski definition) is 3. The Kier molecular flexibility index (Phi) is 7.18. The number of fused-ring (bicyclic) bond motifs is 1. The first-order valence-electron chi connectivity index (χ1n) is 11.1. The highest BCUT2D eigenvalue weighted by atomic mass is 16.5. The summed E-state index contributed by atoms with van der Waals surface area (Å²) >= 11 is 0. The SMILES string of the molecule is COc1ccc(C(=O)NCCCc2nc3ccccc3n2CCCc2ccccc2)cc1. The molecule has 0 fully saturated rings. The van der Waals surface area contributed by atoms with Crippen LogP contribution >= 0.6 is 0 Å². The molecule has 1 heterocycles. The number of nitrogens with one attached hydrogen (secondary N) is 1. The van der Waals surface area contributed by atoms with Gasteiger partial charge in [0.1, 0.15) is 11.6 Å². The van der Waals surface area contributed by atoms with Crippen LogP contribution < -0.4 is 10.1 Å². The van der Waals surface area contributed by atoms with Gasteiger partial charge in [-0.05, 0) is 61.2 Å². The van der Waals surface area contributed by atoms with Crippen molar-refractivity contribution in [1.29, 1.82) is 0 Å². The highest BCUT2D eigenvalue weighted by Gasteiger charge is 2.11. The van der Waals surface area contributed by atoms with Crippen LogP contribution in [0.1, 0.15) is 34.6 Å². The van der Waals surface area contributed by atoms with E-state index in [4.69, 9.17) is 9.72 Å². The highest BCUT2D eigenvalue weighted by molar-refractivity contribution is 5.94. The fraction of sp³-hybridized carbons (Fsp3) is 0.259. The van der Waals surface area contributed by atoms with E-state index in [1.54, 1.807) is 31.4 Å². The van der Waals surface area contributed by atoms with E-state index in [2.05, 4.69) is 58.4 Å². The molecular formula is C27H29N3O2. The Morgan fingerprint density at radius 1 is 0.906 bits per heavy atom. The second kappa shape index (κ2) is 10.6. The van der Waals surface area contributed by atoms with Crippen molar-refractivity contribution in [2.45, 2.75) is 32.2 Å². The Balaban J connectivity index is 1.34. The maximum Gasteiger partial charge on any atom is 0.251 e. The van der Waals surface area contributed by atoms with E-state index >= 15 is 0 Å². The molecular weight excluding hydrogens is 398 g/mol. The Morgan fingerprint density at radius 3 is 2.44 bits per heavy atom. The summed E-state index contributed by atoms with van der Waals surface area (Å²) in [6, 6.07) is 26.0. The predicted molar refractivity (Wildman–Crippen MR) is 128 cm³/mol. The van der Waals surface area contributed by atoms with Crippen LogP contribution in [0.3, 0.4) is 0 Å². The van der Waals surface area contributed by atoms with Crippen LogP contribution in [0, 0.1) is 0 Å². The molecule has 5 nitrogen and oxygen atoms in total. The van der Waals surface area contributed by atoms with Gasteiger partial charge in [-0.1, -0.05) is 42.5 Å². The van der Waals surface area contributed by atoms with Crippen LogP contribution in [-0.2, 0) is 19.4 Å². The number of aryl methyl sites for hydroxylation is 3. The first-order chi connectivity index (χ1) is 15.7. The van der Waals surface area contributed by atoms with Gasteiger partial charge >= 0.3 is 0 Å². The number of ether oxygens (including phenoxy) is 1. The van der Waals surface area contributed by atoms with Crippen molar-refractivity contribution >= 4 is 16.9 Å². The molecule has 0 atom stereocenters. The summed E-state index contributed by atoms with van der Waals surface area (Å²) in [5.74, 6) is 1.76. The quantitative estimate of drug-likeness (QED) is 0.361. The molecule has 0 radical (unpaired) electrons. The number of carbonyl (C=O) groups is 1. The van der Waals surface area contributed by atoms with Gasteiger partial charge in [0, 0.05) is 25.1 Å². The minimum atomic E-state index is -0.0657. The first-order valence-corrected chi connectivity index (χ1v) is 11.1. The lowest BCUT2D eigenvalue weighted by Crippen LogP contribution is -2.25. The van der Waals surface area contributed by atoms with Crippen molar-refractivity contribution in [3.8, 4) is 5.75 Å². The smallest absolute Gasteiger partial charge is 0.251 e. The van der Waals surface area contributed by atoms with Crippen molar-refractivity contribution in [2.75, 3.05) is 13.7 Å². The van der Waals surface area contributed by atoms with E-state index < -0.39 is 0 Å². The van der Waals surface area contributed by atoms with Crippen LogP contribution in [0.15, 0.2) is 78.9 Å². The molecule has 32 heavy (non-hydrogen) atoms. The Bertz CT molecular complexity index is 1150. The van der Waals surface area contributed by atoms with Gasteiger partial charge in [0.2, 0.25) is 0 Å². The number of benzene rings is 3. The molecule has 164 valence electrons. The van der Waals surface area contributed by atoms with Gasteiger partial charge in [0.25, 0.3) is 5.91 Å². The van der Waals surface area contributed by atoms with Crippen molar-refractivity contribution < 1.29 is 9.53 Å². The highest BCUT2D eigenvalue weighted by Crippen LogP contribution is 2.18. The summed E-state index contributed by atoms with van der Waals surface area (Å²) in [7, 11) is 1.62. The molecule has 0 bridgehead atoms. The molecule has 0 unspecified atom stereocenters. The van der Waals surface area contributed by atoms with E-state index in [9.17, 15) is 4.79 Å². The van der Waals surface area contributed by atoms with E-state index in [-0.39, 0.29) is 5.91 Å². The second-order valence-corrected chi connectivity index (χ2v) is 7.85. The molecule has 0 saturated carbocycles. The van der Waals surface area contributed by atoms with Crippen molar-refractivity contribution in [1.82, 2.24) is 14.9 Å². The summed E-state index contributed by atoms with van der Waals surface area (Å²) in [5, 5.41) is 3.01. The van der Waals surface area contributed by atoms with Gasteiger partial charge in [0.05, 0.1) is 18.1 Å². The molecule has 5 heteroatoms. The van der Waals surface area contributed by atoms with E-state index in [0.717, 1.165) is 49.3 Å². The monoisotopic (exact) mass is 427 g/mol. The Labute approximate surface area is 189 Å². The zero-order chi connectivity index (χ0) is 22.2. The molecule has 0 aliphatic rings. The van der Waals surface area contributed by atoms with Crippen molar-refractivity contribution in [3.63, 3.8) is 0 Å². The van der Waals surface area contributed by atoms with Gasteiger partial charge in [-0.15, -0.1) is 0 Å². The maximum absolute atomic E-state index is 12.4. The van der Waals surface area contributed by atoms with Crippen LogP contribution in [0.25, 0.3) is 11.0 Å². The molecule has 0 spiro atoms. The molecule has 3 aromatic carbocycles. The van der Waals surface area contributed by atoms with Crippen LogP contribution in [-0.4, -0.2) is 29.1 Å². The molecule has 1 aromatic heterocycles. The van der Waals surface area contributed by atoms with Gasteiger partial charge in [0.15, 0.2) is 0 Å². The summed E-state index contributed by atoms with van der Waals surface area (Å²) in [4.78, 5) is 17.2. The lowest BCUT2D eigenvalue weighted by atomic mass is 10.1. The minimum absolute atomic E-state index is 0.0657. The fourth-order valence-corrected chi connectivity index (χ4v) is 3.94. The normalized spacial score (nSPS) is 10.9. The van der Waals surface area contributed by atoms with E-state index in [1.807, 2.05) is 6.07 Å². The first kappa shape index (κ1) is 21.6. The number of aromatic nitrogens is 2. The van der Waals surface area contributed by atoms with E-state index in [1.165, 1.54) is 11.1 Å². The summed E-state index contributed by atoms with van der Waals surface area (Å²) in [6.07, 6.45) is 3.77.